The second-order valence-corrected chi connectivity index (χ2v) is 5.20. The van der Waals surface area contributed by atoms with Crippen LogP contribution in [-0.4, -0.2) is 18.2 Å². The number of halogens is 1. The predicted octanol–water partition coefficient (Wildman–Crippen LogP) is 3.46. The van der Waals surface area contributed by atoms with Gasteiger partial charge in [0.05, 0.1) is 6.61 Å². The summed E-state index contributed by atoms with van der Waals surface area (Å²) in [6.07, 6.45) is 3.85. The van der Waals surface area contributed by atoms with Gasteiger partial charge in [-0.05, 0) is 36.5 Å². The topological polar surface area (TPSA) is 23.5 Å². The van der Waals surface area contributed by atoms with E-state index in [-0.39, 0.29) is 6.61 Å². The van der Waals surface area contributed by atoms with E-state index in [1.54, 1.807) is 0 Å². The van der Waals surface area contributed by atoms with E-state index in [0.717, 1.165) is 24.6 Å². The summed E-state index contributed by atoms with van der Waals surface area (Å²) in [5, 5.41) is 9.77. The van der Waals surface area contributed by atoms with Gasteiger partial charge in [-0.2, -0.15) is 0 Å². The Kier molecular flexibility index (Phi) is 4.30. The van der Waals surface area contributed by atoms with Crippen LogP contribution >= 0.6 is 11.6 Å². The summed E-state index contributed by atoms with van der Waals surface area (Å²) in [7, 11) is 0. The Labute approximate surface area is 108 Å². The van der Waals surface area contributed by atoms with Crippen LogP contribution in [0.5, 0.6) is 0 Å². The largest absolute Gasteiger partial charge is 0.392 e. The van der Waals surface area contributed by atoms with Crippen LogP contribution in [0.15, 0.2) is 18.2 Å². The molecule has 0 saturated carbocycles. The van der Waals surface area contributed by atoms with Gasteiger partial charge in [-0.25, -0.2) is 0 Å². The molecule has 1 N–H and O–H groups in total. The van der Waals surface area contributed by atoms with E-state index in [2.05, 4.69) is 17.9 Å². The van der Waals surface area contributed by atoms with Crippen molar-refractivity contribution < 1.29 is 5.11 Å². The van der Waals surface area contributed by atoms with Gasteiger partial charge in [-0.3, -0.25) is 0 Å². The minimum Gasteiger partial charge on any atom is -0.392 e. The molecule has 1 atom stereocenters. The molecule has 3 heteroatoms. The first-order valence-corrected chi connectivity index (χ1v) is 6.76. The molecule has 1 unspecified atom stereocenters. The number of rotatable bonds is 3. The molecule has 1 saturated heterocycles. The molecule has 1 fully saturated rings. The van der Waals surface area contributed by atoms with Gasteiger partial charge in [0.1, 0.15) is 0 Å². The molecular formula is C14H20ClNO. The van der Waals surface area contributed by atoms with Crippen LogP contribution in [0.25, 0.3) is 0 Å². The third kappa shape index (κ3) is 2.93. The molecule has 0 aliphatic carbocycles. The molecule has 2 rings (SSSR count). The van der Waals surface area contributed by atoms with E-state index in [9.17, 15) is 0 Å². The number of aliphatic hydroxyl groups is 1. The molecule has 1 heterocycles. The molecule has 0 aromatic heterocycles. The van der Waals surface area contributed by atoms with Gasteiger partial charge in [0.2, 0.25) is 0 Å². The lowest BCUT2D eigenvalue weighted by molar-refractivity contribution is 0.282. The Bertz CT molecular complexity index is 380. The Morgan fingerprint density at radius 2 is 2.29 bits per heavy atom. The standard InChI is InChI=1S/C14H20ClNO/c1-2-11-4-3-7-16(9-11)13-6-5-12(10-17)14(15)8-13/h5-6,8,11,17H,2-4,7,9-10H2,1H3. The van der Waals surface area contributed by atoms with Crippen molar-refractivity contribution in [3.63, 3.8) is 0 Å². The number of anilines is 1. The Morgan fingerprint density at radius 1 is 1.47 bits per heavy atom. The quantitative estimate of drug-likeness (QED) is 0.892. The van der Waals surface area contributed by atoms with Crippen molar-refractivity contribution in [3.05, 3.63) is 28.8 Å². The SMILES string of the molecule is CCC1CCCN(c2ccc(CO)c(Cl)c2)C1. The molecule has 0 bridgehead atoms. The zero-order valence-corrected chi connectivity index (χ0v) is 11.1. The summed E-state index contributed by atoms with van der Waals surface area (Å²) >= 11 is 6.13. The minimum atomic E-state index is 0.0106. The van der Waals surface area contributed by atoms with E-state index in [4.69, 9.17) is 16.7 Å². The maximum atomic E-state index is 9.10. The second-order valence-electron chi connectivity index (χ2n) is 4.80. The van der Waals surface area contributed by atoms with Crippen LogP contribution < -0.4 is 4.90 Å². The van der Waals surface area contributed by atoms with Crippen LogP contribution in [0.3, 0.4) is 0 Å². The molecule has 94 valence electrons. The lowest BCUT2D eigenvalue weighted by Crippen LogP contribution is -2.35. The summed E-state index contributed by atoms with van der Waals surface area (Å²) in [6.45, 7) is 4.52. The number of hydrogen-bond acceptors (Lipinski definition) is 2. The van der Waals surface area contributed by atoms with Crippen molar-refractivity contribution in [2.75, 3.05) is 18.0 Å². The molecule has 1 aromatic rings. The highest BCUT2D eigenvalue weighted by atomic mass is 35.5. The summed E-state index contributed by atoms with van der Waals surface area (Å²) in [6, 6.07) is 5.97. The number of aliphatic hydroxyl groups excluding tert-OH is 1. The van der Waals surface area contributed by atoms with Gasteiger partial charge in [-0.15, -0.1) is 0 Å². The minimum absolute atomic E-state index is 0.0106. The molecule has 0 spiro atoms. The lowest BCUT2D eigenvalue weighted by Gasteiger charge is -2.34. The highest BCUT2D eigenvalue weighted by Crippen LogP contribution is 2.28. The predicted molar refractivity (Wildman–Crippen MR) is 72.6 cm³/mol. The summed E-state index contributed by atoms with van der Waals surface area (Å²) in [5.41, 5.74) is 1.99. The smallest absolute Gasteiger partial charge is 0.0696 e. The van der Waals surface area contributed by atoms with Crippen LogP contribution in [0.4, 0.5) is 5.69 Å². The van der Waals surface area contributed by atoms with E-state index >= 15 is 0 Å². The third-order valence-corrected chi connectivity index (χ3v) is 4.02. The molecular weight excluding hydrogens is 234 g/mol. The normalized spacial score (nSPS) is 20.6. The van der Waals surface area contributed by atoms with Gasteiger partial charge in [0.15, 0.2) is 0 Å². The first kappa shape index (κ1) is 12.7. The van der Waals surface area contributed by atoms with E-state index in [1.807, 2.05) is 12.1 Å². The van der Waals surface area contributed by atoms with Gasteiger partial charge in [-0.1, -0.05) is 31.0 Å². The average molecular weight is 254 g/mol. The van der Waals surface area contributed by atoms with Crippen molar-refractivity contribution in [3.8, 4) is 0 Å². The Morgan fingerprint density at radius 3 is 2.94 bits per heavy atom. The van der Waals surface area contributed by atoms with Crippen molar-refractivity contribution >= 4 is 17.3 Å². The van der Waals surface area contributed by atoms with Gasteiger partial charge >= 0.3 is 0 Å². The van der Waals surface area contributed by atoms with Crippen LogP contribution in [0.1, 0.15) is 31.7 Å². The van der Waals surface area contributed by atoms with Crippen LogP contribution in [0.2, 0.25) is 5.02 Å². The van der Waals surface area contributed by atoms with Crippen molar-refractivity contribution in [1.82, 2.24) is 0 Å². The highest BCUT2D eigenvalue weighted by Gasteiger charge is 2.19. The molecule has 2 nitrogen and oxygen atoms in total. The summed E-state index contributed by atoms with van der Waals surface area (Å²) in [5.74, 6) is 0.806. The molecule has 0 radical (unpaired) electrons. The monoisotopic (exact) mass is 253 g/mol. The number of benzene rings is 1. The van der Waals surface area contributed by atoms with E-state index in [1.165, 1.54) is 24.9 Å². The van der Waals surface area contributed by atoms with Crippen LogP contribution in [0, 0.1) is 5.92 Å². The Balaban J connectivity index is 2.13. The third-order valence-electron chi connectivity index (χ3n) is 3.67. The average Bonchev–Trinajstić information content (AvgIpc) is 2.38. The zero-order valence-electron chi connectivity index (χ0n) is 10.3. The van der Waals surface area contributed by atoms with Crippen molar-refractivity contribution in [2.24, 2.45) is 5.92 Å². The first-order valence-electron chi connectivity index (χ1n) is 6.38. The molecule has 17 heavy (non-hydrogen) atoms. The molecule has 1 aromatic carbocycles. The maximum Gasteiger partial charge on any atom is 0.0696 e. The van der Waals surface area contributed by atoms with Gasteiger partial charge < -0.3 is 10.0 Å². The first-order chi connectivity index (χ1) is 8.24. The maximum absolute atomic E-state index is 9.10. The fraction of sp³-hybridized carbons (Fsp3) is 0.571. The summed E-state index contributed by atoms with van der Waals surface area (Å²) < 4.78 is 0. The van der Waals surface area contributed by atoms with Gasteiger partial charge in [0, 0.05) is 23.8 Å². The van der Waals surface area contributed by atoms with Crippen LogP contribution in [-0.2, 0) is 6.61 Å². The van der Waals surface area contributed by atoms with Crippen molar-refractivity contribution in [2.45, 2.75) is 32.8 Å². The second kappa shape index (κ2) is 5.74. The van der Waals surface area contributed by atoms with Crippen molar-refractivity contribution in [1.29, 1.82) is 0 Å². The fourth-order valence-corrected chi connectivity index (χ4v) is 2.73. The Hall–Kier alpha value is -0.730. The molecule has 1 aliphatic rings. The van der Waals surface area contributed by atoms with Gasteiger partial charge in [0.25, 0.3) is 0 Å². The fourth-order valence-electron chi connectivity index (χ4n) is 2.49. The zero-order chi connectivity index (χ0) is 12.3. The number of piperidine rings is 1. The number of hydrogen-bond donors (Lipinski definition) is 1. The van der Waals surface area contributed by atoms with E-state index < -0.39 is 0 Å². The molecule has 0 amide bonds. The lowest BCUT2D eigenvalue weighted by atomic mass is 9.95. The molecule has 1 aliphatic heterocycles. The van der Waals surface area contributed by atoms with E-state index in [0.29, 0.717) is 5.02 Å². The highest BCUT2D eigenvalue weighted by molar-refractivity contribution is 6.31. The summed E-state index contributed by atoms with van der Waals surface area (Å²) in [4.78, 5) is 2.41. The number of nitrogens with zero attached hydrogens (tertiary/aromatic N) is 1.